The molecule has 5 heteroatoms. The van der Waals surface area contributed by atoms with Gasteiger partial charge in [-0.05, 0) is 45.5 Å². The number of anilines is 2. The molecule has 4 N–H and O–H groups in total. The quantitative estimate of drug-likeness (QED) is 0.691. The average Bonchev–Trinajstić information content (AvgIpc) is 2.40. The van der Waals surface area contributed by atoms with Crippen molar-refractivity contribution in [3.05, 3.63) is 23.8 Å². The fourth-order valence-corrected chi connectivity index (χ4v) is 1.68. The molecule has 0 unspecified atom stereocenters. The topological polar surface area (TPSA) is 78.6 Å². The molecule has 112 valence electrons. The summed E-state index contributed by atoms with van der Waals surface area (Å²) in [7, 11) is 1.90. The number of nitrogen functional groups attached to an aromatic ring is 1. The molecular formula is C15H25N3O2. The zero-order valence-corrected chi connectivity index (χ0v) is 12.7. The Bertz CT molecular complexity index is 472. The molecule has 20 heavy (non-hydrogen) atoms. The number of rotatable bonds is 6. The van der Waals surface area contributed by atoms with E-state index in [0.29, 0.717) is 18.7 Å². The van der Waals surface area contributed by atoms with Gasteiger partial charge in [-0.2, -0.15) is 0 Å². The fourth-order valence-electron chi connectivity index (χ4n) is 1.68. The molecule has 5 nitrogen and oxygen atoms in total. The third-order valence-electron chi connectivity index (χ3n) is 3.63. The second kappa shape index (κ2) is 6.72. The molecule has 1 rings (SSSR count). The number of aliphatic hydroxyl groups is 1. The molecule has 1 amide bonds. The minimum atomic E-state index is -0.326. The van der Waals surface area contributed by atoms with E-state index >= 15 is 0 Å². The summed E-state index contributed by atoms with van der Waals surface area (Å²) in [4.78, 5) is 13.9. The number of carbonyl (C=O) groups excluding carboxylic acids is 1. The number of aliphatic hydroxyl groups excluding tert-OH is 1. The molecule has 0 saturated carbocycles. The first kappa shape index (κ1) is 16.5. The Kier molecular flexibility index (Phi) is 5.53. The number of hydrogen-bond donors (Lipinski definition) is 3. The maximum Gasteiger partial charge on any atom is 0.225 e. The van der Waals surface area contributed by atoms with Crippen LogP contribution < -0.4 is 11.1 Å². The van der Waals surface area contributed by atoms with Gasteiger partial charge in [-0.15, -0.1) is 0 Å². The average molecular weight is 279 g/mol. The minimum Gasteiger partial charge on any atom is -0.399 e. The maximum atomic E-state index is 12.0. The van der Waals surface area contributed by atoms with Crippen molar-refractivity contribution in [2.24, 2.45) is 0 Å². The van der Waals surface area contributed by atoms with Crippen LogP contribution in [0.3, 0.4) is 0 Å². The molecule has 0 radical (unpaired) electrons. The predicted octanol–water partition coefficient (Wildman–Crippen LogP) is 1.61. The number of aryl methyl sites for hydroxylation is 1. The highest BCUT2D eigenvalue weighted by Crippen LogP contribution is 2.18. The van der Waals surface area contributed by atoms with Gasteiger partial charge in [-0.3, -0.25) is 9.69 Å². The molecule has 0 fully saturated rings. The highest BCUT2D eigenvalue weighted by molar-refractivity contribution is 5.92. The molecule has 0 heterocycles. The summed E-state index contributed by atoms with van der Waals surface area (Å²) in [5.41, 5.74) is 7.75. The summed E-state index contributed by atoms with van der Waals surface area (Å²) in [5.74, 6) is -0.0562. The van der Waals surface area contributed by atoms with Crippen LogP contribution in [0, 0.1) is 6.92 Å². The Balaban J connectivity index is 2.54. The lowest BCUT2D eigenvalue weighted by molar-refractivity contribution is -0.116. The number of carbonyl (C=O) groups is 1. The van der Waals surface area contributed by atoms with Crippen molar-refractivity contribution in [1.29, 1.82) is 0 Å². The predicted molar refractivity (Wildman–Crippen MR) is 82.6 cm³/mol. The van der Waals surface area contributed by atoms with Crippen molar-refractivity contribution in [2.45, 2.75) is 32.7 Å². The van der Waals surface area contributed by atoms with Crippen LogP contribution in [0.5, 0.6) is 0 Å². The van der Waals surface area contributed by atoms with Crippen molar-refractivity contribution in [3.8, 4) is 0 Å². The number of likely N-dealkylation sites (N-methyl/N-ethyl adjacent to an activating group) is 1. The van der Waals surface area contributed by atoms with E-state index in [1.54, 1.807) is 6.07 Å². The van der Waals surface area contributed by atoms with Gasteiger partial charge in [0.25, 0.3) is 0 Å². The van der Waals surface area contributed by atoms with E-state index in [-0.39, 0.29) is 18.1 Å². The molecule has 0 saturated heterocycles. The van der Waals surface area contributed by atoms with Gasteiger partial charge in [0.05, 0.1) is 6.61 Å². The highest BCUT2D eigenvalue weighted by atomic mass is 16.3. The van der Waals surface area contributed by atoms with Crippen LogP contribution in [0.2, 0.25) is 0 Å². The Labute approximate surface area is 120 Å². The van der Waals surface area contributed by atoms with E-state index < -0.39 is 0 Å². The Morgan fingerprint density at radius 3 is 2.70 bits per heavy atom. The van der Waals surface area contributed by atoms with Crippen molar-refractivity contribution < 1.29 is 9.90 Å². The van der Waals surface area contributed by atoms with Crippen LogP contribution in [0.4, 0.5) is 11.4 Å². The molecule has 0 atom stereocenters. The van der Waals surface area contributed by atoms with E-state index in [1.165, 1.54) is 0 Å². The first-order chi connectivity index (χ1) is 9.26. The second-order valence-electron chi connectivity index (χ2n) is 5.76. The number of nitrogens with zero attached hydrogens (tertiary/aromatic N) is 1. The molecule has 1 aromatic rings. The van der Waals surface area contributed by atoms with Gasteiger partial charge >= 0.3 is 0 Å². The third kappa shape index (κ3) is 4.51. The standard InChI is InChI=1S/C15H25N3O2/c1-11-5-6-12(16)9-13(11)17-14(20)7-8-18(4)15(2,3)10-19/h5-6,9,19H,7-8,10,16H2,1-4H3,(H,17,20). The second-order valence-corrected chi connectivity index (χ2v) is 5.76. The molecule has 0 spiro atoms. The summed E-state index contributed by atoms with van der Waals surface area (Å²) in [6.45, 7) is 6.44. The summed E-state index contributed by atoms with van der Waals surface area (Å²) < 4.78 is 0. The number of nitrogens with one attached hydrogen (secondary N) is 1. The zero-order valence-electron chi connectivity index (χ0n) is 12.7. The molecule has 0 bridgehead atoms. The van der Waals surface area contributed by atoms with Gasteiger partial charge in [0.2, 0.25) is 5.91 Å². The summed E-state index contributed by atoms with van der Waals surface area (Å²) in [5, 5.41) is 12.1. The molecule has 0 aliphatic carbocycles. The SMILES string of the molecule is Cc1ccc(N)cc1NC(=O)CCN(C)C(C)(C)CO. The number of amides is 1. The first-order valence-electron chi connectivity index (χ1n) is 6.74. The largest absolute Gasteiger partial charge is 0.399 e. The van der Waals surface area contributed by atoms with Gasteiger partial charge in [-0.1, -0.05) is 6.07 Å². The van der Waals surface area contributed by atoms with Gasteiger partial charge in [-0.25, -0.2) is 0 Å². The van der Waals surface area contributed by atoms with Crippen LogP contribution >= 0.6 is 0 Å². The van der Waals surface area contributed by atoms with E-state index in [2.05, 4.69) is 5.32 Å². The van der Waals surface area contributed by atoms with Crippen LogP contribution in [0.25, 0.3) is 0 Å². The minimum absolute atomic E-state index is 0.0550. The molecule has 0 aliphatic rings. The van der Waals surface area contributed by atoms with Crippen molar-refractivity contribution in [1.82, 2.24) is 4.90 Å². The van der Waals surface area contributed by atoms with Crippen LogP contribution in [-0.4, -0.2) is 41.7 Å². The molecule has 1 aromatic carbocycles. The lowest BCUT2D eigenvalue weighted by atomic mass is 10.1. The number of benzene rings is 1. The van der Waals surface area contributed by atoms with E-state index in [4.69, 9.17) is 5.73 Å². The summed E-state index contributed by atoms with van der Waals surface area (Å²) in [6.07, 6.45) is 0.369. The monoisotopic (exact) mass is 279 g/mol. The van der Waals surface area contributed by atoms with E-state index in [9.17, 15) is 9.90 Å². The van der Waals surface area contributed by atoms with Crippen LogP contribution in [0.1, 0.15) is 25.8 Å². The highest BCUT2D eigenvalue weighted by Gasteiger charge is 2.22. The number of nitrogens with two attached hydrogens (primary N) is 1. The van der Waals surface area contributed by atoms with Gasteiger partial charge < -0.3 is 16.2 Å². The Morgan fingerprint density at radius 2 is 2.10 bits per heavy atom. The summed E-state index contributed by atoms with van der Waals surface area (Å²) in [6, 6.07) is 5.45. The normalized spacial score (nSPS) is 11.7. The van der Waals surface area contributed by atoms with Crippen molar-refractivity contribution in [3.63, 3.8) is 0 Å². The van der Waals surface area contributed by atoms with Crippen LogP contribution in [0.15, 0.2) is 18.2 Å². The number of hydrogen-bond acceptors (Lipinski definition) is 4. The fraction of sp³-hybridized carbons (Fsp3) is 0.533. The van der Waals surface area contributed by atoms with Gasteiger partial charge in [0.1, 0.15) is 0 Å². The lowest BCUT2D eigenvalue weighted by Crippen LogP contribution is -2.45. The zero-order chi connectivity index (χ0) is 15.3. The van der Waals surface area contributed by atoms with Crippen molar-refractivity contribution >= 4 is 17.3 Å². The smallest absolute Gasteiger partial charge is 0.225 e. The lowest BCUT2D eigenvalue weighted by Gasteiger charge is -2.33. The van der Waals surface area contributed by atoms with E-state index in [1.807, 2.05) is 44.9 Å². The van der Waals surface area contributed by atoms with Crippen LogP contribution in [-0.2, 0) is 4.79 Å². The Hall–Kier alpha value is -1.59. The third-order valence-corrected chi connectivity index (χ3v) is 3.63. The molecular weight excluding hydrogens is 254 g/mol. The first-order valence-corrected chi connectivity index (χ1v) is 6.74. The maximum absolute atomic E-state index is 12.0. The van der Waals surface area contributed by atoms with Gasteiger partial charge in [0.15, 0.2) is 0 Å². The van der Waals surface area contributed by atoms with Crippen molar-refractivity contribution in [2.75, 3.05) is 31.2 Å². The molecule has 0 aromatic heterocycles. The molecule has 0 aliphatic heterocycles. The Morgan fingerprint density at radius 1 is 1.45 bits per heavy atom. The summed E-state index contributed by atoms with van der Waals surface area (Å²) >= 11 is 0. The van der Waals surface area contributed by atoms with E-state index in [0.717, 1.165) is 11.3 Å². The van der Waals surface area contributed by atoms with Gasteiger partial charge in [0, 0.05) is 29.9 Å².